The molecule has 0 unspecified atom stereocenters. The van der Waals surface area contributed by atoms with Gasteiger partial charge < -0.3 is 9.15 Å². The maximum atomic E-state index is 12.6. The molecule has 0 aliphatic rings. The summed E-state index contributed by atoms with van der Waals surface area (Å²) in [4.78, 5) is 12.6. The molecule has 26 heavy (non-hydrogen) atoms. The molecule has 0 aliphatic carbocycles. The van der Waals surface area contributed by atoms with Crippen molar-refractivity contribution in [3.05, 3.63) is 95.0 Å². The van der Waals surface area contributed by atoms with Crippen molar-refractivity contribution < 1.29 is 13.9 Å². The second-order valence-electron chi connectivity index (χ2n) is 5.70. The van der Waals surface area contributed by atoms with Crippen LogP contribution < -0.4 is 4.74 Å². The molecular formula is C22H17NO3. The van der Waals surface area contributed by atoms with Gasteiger partial charge in [-0.25, -0.2) is 0 Å². The fraction of sp³-hybridized carbons (Fsp3) is 0.0909. The maximum absolute atomic E-state index is 12.6. The highest BCUT2D eigenvalue weighted by molar-refractivity contribution is 6.14. The molecule has 4 heteroatoms. The van der Waals surface area contributed by atoms with Crippen molar-refractivity contribution in [3.8, 4) is 11.8 Å². The van der Waals surface area contributed by atoms with Gasteiger partial charge in [0.05, 0.1) is 11.8 Å². The number of allylic oxidation sites excluding steroid dienone is 1. The molecule has 1 heterocycles. The minimum Gasteiger partial charge on any atom is -0.488 e. The molecule has 0 aliphatic heterocycles. The highest BCUT2D eigenvalue weighted by Gasteiger charge is 2.17. The van der Waals surface area contributed by atoms with Gasteiger partial charge in [-0.15, -0.1) is 0 Å². The van der Waals surface area contributed by atoms with Crippen molar-refractivity contribution in [2.24, 2.45) is 0 Å². The number of ketones is 1. The minimum atomic E-state index is -0.364. The predicted molar refractivity (Wildman–Crippen MR) is 98.6 cm³/mol. The average molecular weight is 343 g/mol. The Bertz CT molecular complexity index is 978. The number of para-hydroxylation sites is 1. The van der Waals surface area contributed by atoms with Crippen LogP contribution in [0, 0.1) is 18.3 Å². The van der Waals surface area contributed by atoms with Crippen LogP contribution in [0.1, 0.15) is 27.2 Å². The number of furan rings is 1. The van der Waals surface area contributed by atoms with Gasteiger partial charge in [-0.2, -0.15) is 5.26 Å². The summed E-state index contributed by atoms with van der Waals surface area (Å²) in [7, 11) is 0. The second kappa shape index (κ2) is 8.00. The van der Waals surface area contributed by atoms with Crippen LogP contribution >= 0.6 is 0 Å². The lowest BCUT2D eigenvalue weighted by Gasteiger charge is -2.09. The summed E-state index contributed by atoms with van der Waals surface area (Å²) in [6.45, 7) is 2.10. The summed E-state index contributed by atoms with van der Waals surface area (Å²) in [5.41, 5.74) is 2.14. The van der Waals surface area contributed by atoms with Crippen LogP contribution in [0.15, 0.2) is 76.9 Å². The van der Waals surface area contributed by atoms with E-state index < -0.39 is 0 Å². The molecule has 0 radical (unpaired) electrons. The lowest BCUT2D eigenvalue weighted by atomic mass is 10.0. The van der Waals surface area contributed by atoms with E-state index in [1.54, 1.807) is 19.1 Å². The minimum absolute atomic E-state index is 0.0326. The zero-order valence-electron chi connectivity index (χ0n) is 14.3. The Morgan fingerprint density at radius 1 is 1.12 bits per heavy atom. The predicted octanol–water partition coefficient (Wildman–Crippen LogP) is 4.96. The third-order valence-electron chi connectivity index (χ3n) is 3.92. The first-order chi connectivity index (χ1) is 12.7. The molecule has 1 aromatic heterocycles. The monoisotopic (exact) mass is 343 g/mol. The molecule has 0 saturated carbocycles. The number of benzene rings is 2. The molecule has 0 bridgehead atoms. The molecule has 4 nitrogen and oxygen atoms in total. The lowest BCUT2D eigenvalue weighted by Crippen LogP contribution is -2.03. The Morgan fingerprint density at radius 3 is 2.54 bits per heavy atom. The van der Waals surface area contributed by atoms with E-state index in [1.807, 2.05) is 60.7 Å². The smallest absolute Gasteiger partial charge is 0.207 e. The van der Waals surface area contributed by atoms with E-state index in [9.17, 15) is 10.1 Å². The van der Waals surface area contributed by atoms with E-state index in [-0.39, 0.29) is 11.4 Å². The SMILES string of the molecule is Cc1occc1C(=O)/C(C#N)=C/c1ccccc1OCc1ccccc1. The Balaban J connectivity index is 1.86. The van der Waals surface area contributed by atoms with Crippen LogP contribution in [0.2, 0.25) is 0 Å². The van der Waals surface area contributed by atoms with Gasteiger partial charge in [-0.3, -0.25) is 4.79 Å². The molecule has 3 rings (SSSR count). The normalized spacial score (nSPS) is 11.0. The van der Waals surface area contributed by atoms with E-state index in [4.69, 9.17) is 9.15 Å². The molecule has 0 N–H and O–H groups in total. The van der Waals surface area contributed by atoms with E-state index in [2.05, 4.69) is 0 Å². The van der Waals surface area contributed by atoms with Crippen LogP contribution in [-0.4, -0.2) is 5.78 Å². The number of nitrogens with zero attached hydrogens (tertiary/aromatic N) is 1. The third-order valence-corrected chi connectivity index (χ3v) is 3.92. The van der Waals surface area contributed by atoms with Gasteiger partial charge in [0, 0.05) is 5.56 Å². The van der Waals surface area contributed by atoms with E-state index in [1.165, 1.54) is 6.26 Å². The largest absolute Gasteiger partial charge is 0.488 e. The molecule has 128 valence electrons. The second-order valence-corrected chi connectivity index (χ2v) is 5.70. The summed E-state index contributed by atoms with van der Waals surface area (Å²) in [6, 6.07) is 20.7. The van der Waals surface area contributed by atoms with Gasteiger partial charge in [0.2, 0.25) is 5.78 Å². The van der Waals surface area contributed by atoms with Crippen molar-refractivity contribution in [3.63, 3.8) is 0 Å². The van der Waals surface area contributed by atoms with Crippen LogP contribution in [0.4, 0.5) is 0 Å². The molecule has 0 spiro atoms. The number of carbonyl (C=O) groups is 1. The molecule has 0 atom stereocenters. The standard InChI is InChI=1S/C22H17NO3/c1-16-20(11-12-25-16)22(24)19(14-23)13-18-9-5-6-10-21(18)26-15-17-7-3-2-4-8-17/h2-13H,15H2,1H3/b19-13+. The van der Waals surface area contributed by atoms with Gasteiger partial charge >= 0.3 is 0 Å². The maximum Gasteiger partial charge on any atom is 0.207 e. The van der Waals surface area contributed by atoms with Gasteiger partial charge in [0.1, 0.15) is 29.8 Å². The molecule has 0 fully saturated rings. The zero-order chi connectivity index (χ0) is 18.4. The van der Waals surface area contributed by atoms with Crippen molar-refractivity contribution in [2.45, 2.75) is 13.5 Å². The van der Waals surface area contributed by atoms with Gasteiger partial charge in [0.15, 0.2) is 0 Å². The number of rotatable bonds is 6. The average Bonchev–Trinajstić information content (AvgIpc) is 3.11. The molecule has 0 amide bonds. The summed E-state index contributed by atoms with van der Waals surface area (Å²) in [5, 5.41) is 9.44. The Labute approximate surface area is 152 Å². The van der Waals surface area contributed by atoms with E-state index in [0.29, 0.717) is 29.2 Å². The Hall–Kier alpha value is -3.58. The van der Waals surface area contributed by atoms with Crippen LogP contribution in [0.5, 0.6) is 5.75 Å². The number of aryl methyl sites for hydroxylation is 1. The highest BCUT2D eigenvalue weighted by Crippen LogP contribution is 2.24. The van der Waals surface area contributed by atoms with Gasteiger partial charge in [-0.1, -0.05) is 48.5 Å². The quantitative estimate of drug-likeness (QED) is 0.361. The number of carbonyl (C=O) groups excluding carboxylic acids is 1. The molecule has 0 saturated heterocycles. The topological polar surface area (TPSA) is 63.2 Å². The fourth-order valence-electron chi connectivity index (χ4n) is 2.54. The molecule has 3 aromatic rings. The molecular weight excluding hydrogens is 326 g/mol. The number of Topliss-reactive ketones (excluding diaryl/α,β-unsaturated/α-hetero) is 1. The van der Waals surface area contributed by atoms with Crippen molar-refractivity contribution >= 4 is 11.9 Å². The highest BCUT2D eigenvalue weighted by atomic mass is 16.5. The number of hydrogen-bond donors (Lipinski definition) is 0. The zero-order valence-corrected chi connectivity index (χ0v) is 14.3. The van der Waals surface area contributed by atoms with E-state index in [0.717, 1.165) is 5.56 Å². The summed E-state index contributed by atoms with van der Waals surface area (Å²) in [6.07, 6.45) is 2.99. The van der Waals surface area contributed by atoms with Crippen LogP contribution in [-0.2, 0) is 6.61 Å². The molecule has 2 aromatic carbocycles. The Kier molecular flexibility index (Phi) is 5.31. The van der Waals surface area contributed by atoms with Gasteiger partial charge in [0.25, 0.3) is 0 Å². The van der Waals surface area contributed by atoms with Crippen molar-refractivity contribution in [1.82, 2.24) is 0 Å². The Morgan fingerprint density at radius 2 is 1.85 bits per heavy atom. The van der Waals surface area contributed by atoms with Gasteiger partial charge in [-0.05, 0) is 30.7 Å². The first-order valence-corrected chi connectivity index (χ1v) is 8.15. The number of nitriles is 1. The lowest BCUT2D eigenvalue weighted by molar-refractivity contribution is 0.103. The fourth-order valence-corrected chi connectivity index (χ4v) is 2.54. The van der Waals surface area contributed by atoms with Crippen molar-refractivity contribution in [2.75, 3.05) is 0 Å². The van der Waals surface area contributed by atoms with Crippen LogP contribution in [0.3, 0.4) is 0 Å². The third kappa shape index (κ3) is 3.90. The van der Waals surface area contributed by atoms with Crippen LogP contribution in [0.25, 0.3) is 6.08 Å². The first kappa shape index (κ1) is 17.2. The first-order valence-electron chi connectivity index (χ1n) is 8.15. The summed E-state index contributed by atoms with van der Waals surface area (Å²) >= 11 is 0. The number of hydrogen-bond acceptors (Lipinski definition) is 4. The van der Waals surface area contributed by atoms with E-state index >= 15 is 0 Å². The summed E-state index contributed by atoms with van der Waals surface area (Å²) < 4.78 is 11.0. The number of ether oxygens (including phenoxy) is 1. The van der Waals surface area contributed by atoms with Crippen molar-refractivity contribution in [1.29, 1.82) is 5.26 Å². The summed E-state index contributed by atoms with van der Waals surface area (Å²) in [5.74, 6) is 0.738.